The van der Waals surface area contributed by atoms with Crippen molar-refractivity contribution in [3.63, 3.8) is 0 Å². The third-order valence-electron chi connectivity index (χ3n) is 7.38. The summed E-state index contributed by atoms with van der Waals surface area (Å²) in [5.74, 6) is 6.31. The van der Waals surface area contributed by atoms with Crippen LogP contribution in [0.15, 0.2) is 18.2 Å². The maximum atomic E-state index is 13.8. The molecule has 8 nitrogen and oxygen atoms in total. The Morgan fingerprint density at radius 1 is 1.05 bits per heavy atom. The molecule has 0 radical (unpaired) electrons. The van der Waals surface area contributed by atoms with Crippen LogP contribution in [0.5, 0.6) is 6.01 Å². The lowest BCUT2D eigenvalue weighted by Crippen LogP contribution is -2.49. The zero-order valence-corrected chi connectivity index (χ0v) is 22.5. The predicted molar refractivity (Wildman–Crippen MR) is 142 cm³/mol. The number of nitrogens with zero attached hydrogens (tertiary/aromatic N) is 6. The van der Waals surface area contributed by atoms with E-state index in [1.165, 1.54) is 38.2 Å². The fourth-order valence-corrected chi connectivity index (χ4v) is 5.65. The molecule has 2 saturated heterocycles. The first-order chi connectivity index (χ1) is 18.7. The van der Waals surface area contributed by atoms with Crippen LogP contribution in [0.25, 0.3) is 0 Å². The molecular formula is C27H30ClF3N6O2. The van der Waals surface area contributed by atoms with Crippen molar-refractivity contribution in [1.29, 1.82) is 0 Å². The van der Waals surface area contributed by atoms with Crippen LogP contribution in [0.1, 0.15) is 29.7 Å². The number of halogens is 4. The van der Waals surface area contributed by atoms with Gasteiger partial charge in [0.15, 0.2) is 0 Å². The van der Waals surface area contributed by atoms with E-state index in [0.29, 0.717) is 57.2 Å². The number of benzene rings is 1. The third kappa shape index (κ3) is 6.02. The highest BCUT2D eigenvalue weighted by Crippen LogP contribution is 2.42. The molecule has 208 valence electrons. The van der Waals surface area contributed by atoms with E-state index in [-0.39, 0.29) is 29.2 Å². The first kappa shape index (κ1) is 27.3. The second-order valence-electron chi connectivity index (χ2n) is 9.83. The van der Waals surface area contributed by atoms with E-state index in [1.807, 2.05) is 0 Å². The second kappa shape index (κ2) is 11.5. The minimum atomic E-state index is -4.59. The summed E-state index contributed by atoms with van der Waals surface area (Å²) in [4.78, 5) is 29.4. The lowest BCUT2D eigenvalue weighted by atomic mass is 10.0. The van der Waals surface area contributed by atoms with Gasteiger partial charge < -0.3 is 19.4 Å². The highest BCUT2D eigenvalue weighted by molar-refractivity contribution is 6.31. The molecule has 1 aromatic carbocycles. The number of aromatic nitrogens is 2. The molecule has 0 bridgehead atoms. The van der Waals surface area contributed by atoms with Crippen molar-refractivity contribution in [3.8, 4) is 17.9 Å². The van der Waals surface area contributed by atoms with Gasteiger partial charge in [-0.3, -0.25) is 9.69 Å². The third-order valence-corrected chi connectivity index (χ3v) is 7.70. The second-order valence-corrected chi connectivity index (χ2v) is 10.2. The smallest absolute Gasteiger partial charge is 0.419 e. The fourth-order valence-electron chi connectivity index (χ4n) is 5.37. The maximum absolute atomic E-state index is 13.8. The summed E-state index contributed by atoms with van der Waals surface area (Å²) in [7, 11) is 1.46. The summed E-state index contributed by atoms with van der Waals surface area (Å²) in [6.45, 7) is 5.33. The molecule has 5 rings (SSSR count). The van der Waals surface area contributed by atoms with Crippen molar-refractivity contribution >= 4 is 29.0 Å². The summed E-state index contributed by atoms with van der Waals surface area (Å²) >= 11 is 5.96. The molecule has 3 aliphatic rings. The zero-order chi connectivity index (χ0) is 27.6. The fraction of sp³-hybridized carbons (Fsp3) is 0.519. The average molecular weight is 563 g/mol. The number of fused-ring (bicyclic) bond motifs is 1. The van der Waals surface area contributed by atoms with Gasteiger partial charge in [-0.25, -0.2) is 0 Å². The van der Waals surface area contributed by atoms with E-state index in [4.69, 9.17) is 16.3 Å². The first-order valence-electron chi connectivity index (χ1n) is 13.0. The van der Waals surface area contributed by atoms with Crippen LogP contribution >= 0.6 is 11.6 Å². The van der Waals surface area contributed by atoms with Gasteiger partial charge in [0, 0.05) is 38.3 Å². The van der Waals surface area contributed by atoms with Crippen LogP contribution in [0.2, 0.25) is 5.02 Å². The highest BCUT2D eigenvalue weighted by atomic mass is 35.5. The maximum Gasteiger partial charge on any atom is 0.419 e. The summed E-state index contributed by atoms with van der Waals surface area (Å²) in [6, 6.07) is 4.35. The molecule has 12 heteroatoms. The molecule has 1 aromatic heterocycles. The van der Waals surface area contributed by atoms with Crippen LogP contribution in [-0.2, 0) is 23.9 Å². The number of carbonyl (C=O) groups is 1. The molecule has 39 heavy (non-hydrogen) atoms. The van der Waals surface area contributed by atoms with Crippen molar-refractivity contribution in [3.05, 3.63) is 40.0 Å². The van der Waals surface area contributed by atoms with Gasteiger partial charge in [-0.05, 0) is 50.4 Å². The van der Waals surface area contributed by atoms with Crippen molar-refractivity contribution < 1.29 is 22.7 Å². The Bertz CT molecular complexity index is 1280. The number of alkyl halides is 3. The van der Waals surface area contributed by atoms with Crippen molar-refractivity contribution in [2.24, 2.45) is 0 Å². The molecule has 3 aliphatic heterocycles. The van der Waals surface area contributed by atoms with E-state index >= 15 is 0 Å². The molecule has 0 N–H and O–H groups in total. The zero-order valence-electron chi connectivity index (χ0n) is 21.7. The number of anilines is 2. The normalized spacial score (nSPS) is 18.0. The largest absolute Gasteiger partial charge is 0.467 e. The van der Waals surface area contributed by atoms with Crippen LogP contribution in [-0.4, -0.2) is 85.1 Å². The van der Waals surface area contributed by atoms with Crippen LogP contribution < -0.4 is 14.5 Å². The van der Waals surface area contributed by atoms with Crippen LogP contribution in [0.4, 0.5) is 24.7 Å². The molecule has 0 unspecified atom stereocenters. The molecule has 1 amide bonds. The molecule has 2 aromatic rings. The van der Waals surface area contributed by atoms with Gasteiger partial charge in [0.2, 0.25) is 0 Å². The Balaban J connectivity index is 1.30. The van der Waals surface area contributed by atoms with E-state index < -0.39 is 11.7 Å². The van der Waals surface area contributed by atoms with E-state index in [1.54, 1.807) is 9.80 Å². The van der Waals surface area contributed by atoms with Gasteiger partial charge in [-0.1, -0.05) is 23.6 Å². The monoisotopic (exact) mass is 562 g/mol. The number of ether oxygens (including phenoxy) is 1. The summed E-state index contributed by atoms with van der Waals surface area (Å²) in [5, 5.41) is -0.333. The highest BCUT2D eigenvalue weighted by Gasteiger charge is 2.38. The molecule has 0 spiro atoms. The minimum absolute atomic E-state index is 0.0257. The van der Waals surface area contributed by atoms with Gasteiger partial charge in [0.1, 0.15) is 5.82 Å². The van der Waals surface area contributed by atoms with E-state index in [9.17, 15) is 18.0 Å². The van der Waals surface area contributed by atoms with Crippen molar-refractivity contribution in [1.82, 2.24) is 19.8 Å². The summed E-state index contributed by atoms with van der Waals surface area (Å²) in [5.41, 5.74) is 0.675. The molecular weight excluding hydrogens is 533 g/mol. The van der Waals surface area contributed by atoms with Gasteiger partial charge in [-0.15, -0.1) is 0 Å². The number of methoxy groups -OCH3 is 1. The average Bonchev–Trinajstić information content (AvgIpc) is 3.45. The van der Waals surface area contributed by atoms with Crippen LogP contribution in [0, 0.1) is 11.8 Å². The number of hydrogen-bond acceptors (Lipinski definition) is 7. The summed E-state index contributed by atoms with van der Waals surface area (Å²) in [6.07, 6.45) is -1.76. The van der Waals surface area contributed by atoms with E-state index in [2.05, 4.69) is 31.6 Å². The number of hydrogen-bond donors (Lipinski definition) is 0. The molecule has 4 heterocycles. The Labute approximate surface area is 230 Å². The van der Waals surface area contributed by atoms with Crippen LogP contribution in [0.3, 0.4) is 0 Å². The predicted octanol–water partition coefficient (Wildman–Crippen LogP) is 3.47. The Morgan fingerprint density at radius 3 is 2.49 bits per heavy atom. The first-order valence-corrected chi connectivity index (χ1v) is 13.4. The summed E-state index contributed by atoms with van der Waals surface area (Å²) < 4.78 is 46.8. The molecule has 0 aliphatic carbocycles. The minimum Gasteiger partial charge on any atom is -0.467 e. The van der Waals surface area contributed by atoms with Gasteiger partial charge >= 0.3 is 12.2 Å². The van der Waals surface area contributed by atoms with Crippen molar-refractivity contribution in [2.45, 2.75) is 32.0 Å². The number of likely N-dealkylation sites (tertiary alicyclic amines) is 1. The Hall–Kier alpha value is -3.23. The quantitative estimate of drug-likeness (QED) is 0.529. The molecule has 0 saturated carbocycles. The number of amides is 1. The lowest BCUT2D eigenvalue weighted by Gasteiger charge is -2.38. The number of rotatable bonds is 4. The lowest BCUT2D eigenvalue weighted by molar-refractivity contribution is -0.137. The SMILES string of the molecule is COc1nc2c(c(N3CCN(C(=O)C#CCN4CCCC4)CC3)n1)CCN(c1cccc(Cl)c1C(F)(F)F)C2. The molecule has 2 fully saturated rings. The topological polar surface area (TPSA) is 65.0 Å². The number of piperazine rings is 1. The van der Waals surface area contributed by atoms with Crippen molar-refractivity contribution in [2.75, 3.05) is 69.3 Å². The van der Waals surface area contributed by atoms with Gasteiger partial charge in [0.25, 0.3) is 5.91 Å². The molecule has 0 atom stereocenters. The standard InChI is InChI=1S/C27H30ClF3N6O2/c1-39-26-32-21-18-37(22-7-4-6-20(28)24(22)27(29,30)31)13-9-19(21)25(33-26)36-16-14-35(15-17-36)23(38)8-5-12-34-10-2-3-11-34/h4,6-7H,2-3,9-18H2,1H3. The number of carbonyl (C=O) groups excluding carboxylic acids is 1. The van der Waals surface area contributed by atoms with Gasteiger partial charge in [-0.2, -0.15) is 23.1 Å². The van der Waals surface area contributed by atoms with E-state index in [0.717, 1.165) is 18.7 Å². The van der Waals surface area contributed by atoms with Gasteiger partial charge in [0.05, 0.1) is 42.2 Å². The Kier molecular flexibility index (Phi) is 8.05. The Morgan fingerprint density at radius 2 is 1.79 bits per heavy atom.